The van der Waals surface area contributed by atoms with Crippen LogP contribution in [0.1, 0.15) is 5.56 Å². The molecule has 2 rings (SSSR count). The van der Waals surface area contributed by atoms with Crippen molar-refractivity contribution in [2.45, 2.75) is 11.3 Å². The smallest absolute Gasteiger partial charge is 0.261 e. The molecule has 3 N–H and O–H groups in total. The summed E-state index contributed by atoms with van der Waals surface area (Å²) in [7, 11) is -3.55. The highest BCUT2D eigenvalue weighted by Crippen LogP contribution is 2.15. The van der Waals surface area contributed by atoms with Crippen LogP contribution >= 0.6 is 0 Å². The first kappa shape index (κ1) is 13.5. The van der Waals surface area contributed by atoms with Crippen molar-refractivity contribution in [3.63, 3.8) is 0 Å². The second-order valence-corrected chi connectivity index (χ2v) is 5.71. The molecule has 0 atom stereocenters. The van der Waals surface area contributed by atoms with Crippen LogP contribution in [0.25, 0.3) is 0 Å². The van der Waals surface area contributed by atoms with Gasteiger partial charge in [-0.15, -0.1) is 0 Å². The van der Waals surface area contributed by atoms with Gasteiger partial charge in [0, 0.05) is 12.4 Å². The Morgan fingerprint density at radius 3 is 2.26 bits per heavy atom. The molecular formula is C13H15N3O2S. The third-order valence-corrected chi connectivity index (χ3v) is 4.00. The molecule has 1 aromatic heterocycles. The Morgan fingerprint density at radius 2 is 1.68 bits per heavy atom. The predicted molar refractivity (Wildman–Crippen MR) is 74.2 cm³/mol. The first-order valence-electron chi connectivity index (χ1n) is 5.84. The van der Waals surface area contributed by atoms with Crippen LogP contribution in [0.15, 0.2) is 53.7 Å². The summed E-state index contributed by atoms with van der Waals surface area (Å²) < 4.78 is 26.7. The Labute approximate surface area is 112 Å². The predicted octanol–water partition coefficient (Wildman–Crippen LogP) is 1.38. The molecular weight excluding hydrogens is 262 g/mol. The van der Waals surface area contributed by atoms with E-state index in [1.807, 2.05) is 0 Å². The Bertz CT molecular complexity index is 625. The molecule has 6 heteroatoms. The molecule has 0 spiro atoms. The van der Waals surface area contributed by atoms with Crippen molar-refractivity contribution < 1.29 is 8.42 Å². The third kappa shape index (κ3) is 3.52. The quantitative estimate of drug-likeness (QED) is 0.864. The van der Waals surface area contributed by atoms with Crippen molar-refractivity contribution in [3.05, 3.63) is 54.4 Å². The van der Waals surface area contributed by atoms with Crippen molar-refractivity contribution in [2.24, 2.45) is 5.73 Å². The summed E-state index contributed by atoms with van der Waals surface area (Å²) >= 11 is 0. The highest BCUT2D eigenvalue weighted by atomic mass is 32.2. The molecule has 0 saturated carbocycles. The number of benzene rings is 1. The fraction of sp³-hybridized carbons (Fsp3) is 0.154. The van der Waals surface area contributed by atoms with Crippen LogP contribution < -0.4 is 10.5 Å². The van der Waals surface area contributed by atoms with E-state index in [-0.39, 0.29) is 4.90 Å². The molecule has 0 unspecified atom stereocenters. The maximum absolute atomic E-state index is 12.1. The summed E-state index contributed by atoms with van der Waals surface area (Å²) in [5.41, 5.74) is 6.96. The topological polar surface area (TPSA) is 85.1 Å². The van der Waals surface area contributed by atoms with Crippen molar-refractivity contribution in [1.29, 1.82) is 0 Å². The number of sulfonamides is 1. The van der Waals surface area contributed by atoms with Crippen molar-refractivity contribution in [3.8, 4) is 0 Å². The molecule has 100 valence electrons. The van der Waals surface area contributed by atoms with E-state index in [1.54, 1.807) is 36.4 Å². The average molecular weight is 277 g/mol. The van der Waals surface area contributed by atoms with Crippen LogP contribution in [0.4, 0.5) is 5.69 Å². The average Bonchev–Trinajstić information content (AvgIpc) is 2.40. The summed E-state index contributed by atoms with van der Waals surface area (Å²) in [5.74, 6) is 0. The van der Waals surface area contributed by atoms with Gasteiger partial charge in [-0.2, -0.15) is 0 Å². The molecule has 0 aliphatic rings. The number of rotatable bonds is 5. The molecule has 1 heterocycles. The molecule has 2 aromatic rings. The summed E-state index contributed by atoms with van der Waals surface area (Å²) in [4.78, 5) is 4.06. The Balaban J connectivity index is 2.20. The van der Waals surface area contributed by atoms with Crippen LogP contribution in [0.2, 0.25) is 0 Å². The summed E-state index contributed by atoms with van der Waals surface area (Å²) in [6.07, 6.45) is 3.79. The molecule has 0 radical (unpaired) electrons. The number of aromatic nitrogens is 1. The minimum atomic E-state index is -3.55. The maximum atomic E-state index is 12.1. The van der Waals surface area contributed by atoms with E-state index in [9.17, 15) is 8.42 Å². The van der Waals surface area contributed by atoms with Gasteiger partial charge in [0.15, 0.2) is 0 Å². The molecule has 0 bridgehead atoms. The molecule has 0 fully saturated rings. The number of hydrogen-bond acceptors (Lipinski definition) is 4. The van der Waals surface area contributed by atoms with Gasteiger partial charge >= 0.3 is 0 Å². The van der Waals surface area contributed by atoms with Crippen molar-refractivity contribution in [2.75, 3.05) is 11.3 Å². The van der Waals surface area contributed by atoms with Crippen LogP contribution in [0.3, 0.4) is 0 Å². The van der Waals surface area contributed by atoms with E-state index in [0.29, 0.717) is 12.2 Å². The number of nitrogens with zero attached hydrogens (tertiary/aromatic N) is 1. The Morgan fingerprint density at radius 1 is 1.05 bits per heavy atom. The third-order valence-electron chi connectivity index (χ3n) is 2.60. The Hall–Kier alpha value is -1.92. The van der Waals surface area contributed by atoms with E-state index in [2.05, 4.69) is 9.71 Å². The van der Waals surface area contributed by atoms with Crippen LogP contribution in [-0.2, 0) is 16.4 Å². The second-order valence-electron chi connectivity index (χ2n) is 4.02. The SMILES string of the molecule is NCCc1ccc(S(=O)(=O)Nc2ccncc2)cc1. The lowest BCUT2D eigenvalue weighted by Crippen LogP contribution is -2.13. The number of nitrogens with two attached hydrogens (primary N) is 1. The van der Waals surface area contributed by atoms with Crippen molar-refractivity contribution >= 4 is 15.7 Å². The first-order chi connectivity index (χ1) is 9.12. The Kier molecular flexibility index (Phi) is 4.13. The molecule has 1 aromatic carbocycles. The van der Waals surface area contributed by atoms with Crippen LogP contribution in [0.5, 0.6) is 0 Å². The zero-order valence-corrected chi connectivity index (χ0v) is 11.1. The van der Waals surface area contributed by atoms with Crippen LogP contribution in [0, 0.1) is 0 Å². The maximum Gasteiger partial charge on any atom is 0.261 e. The second kappa shape index (κ2) is 5.81. The van der Waals surface area contributed by atoms with Gasteiger partial charge in [0.25, 0.3) is 10.0 Å². The molecule has 19 heavy (non-hydrogen) atoms. The van der Waals surface area contributed by atoms with Gasteiger partial charge in [-0.25, -0.2) is 8.42 Å². The van der Waals surface area contributed by atoms with E-state index >= 15 is 0 Å². The lowest BCUT2D eigenvalue weighted by Gasteiger charge is -2.08. The van der Waals surface area contributed by atoms with Crippen LogP contribution in [-0.4, -0.2) is 19.9 Å². The minimum Gasteiger partial charge on any atom is -0.330 e. The number of hydrogen-bond donors (Lipinski definition) is 2. The molecule has 0 saturated heterocycles. The number of pyridine rings is 1. The lowest BCUT2D eigenvalue weighted by molar-refractivity contribution is 0.601. The van der Waals surface area contributed by atoms with Crippen molar-refractivity contribution in [1.82, 2.24) is 4.98 Å². The largest absolute Gasteiger partial charge is 0.330 e. The molecule has 0 amide bonds. The van der Waals surface area contributed by atoms with Gasteiger partial charge in [-0.3, -0.25) is 9.71 Å². The van der Waals surface area contributed by atoms with E-state index < -0.39 is 10.0 Å². The molecule has 0 aliphatic carbocycles. The van der Waals surface area contributed by atoms with Gasteiger partial charge < -0.3 is 5.73 Å². The zero-order chi connectivity index (χ0) is 13.7. The monoisotopic (exact) mass is 277 g/mol. The fourth-order valence-electron chi connectivity index (χ4n) is 1.64. The van der Waals surface area contributed by atoms with E-state index in [4.69, 9.17) is 5.73 Å². The summed E-state index contributed by atoms with van der Waals surface area (Å²) in [5, 5.41) is 0. The number of nitrogens with one attached hydrogen (secondary N) is 1. The highest BCUT2D eigenvalue weighted by molar-refractivity contribution is 7.92. The van der Waals surface area contributed by atoms with Gasteiger partial charge in [0.05, 0.1) is 10.6 Å². The van der Waals surface area contributed by atoms with E-state index in [1.165, 1.54) is 12.4 Å². The number of anilines is 1. The van der Waals surface area contributed by atoms with E-state index in [0.717, 1.165) is 12.0 Å². The minimum absolute atomic E-state index is 0.227. The normalized spacial score (nSPS) is 11.2. The zero-order valence-electron chi connectivity index (χ0n) is 10.3. The van der Waals surface area contributed by atoms with Gasteiger partial charge in [-0.1, -0.05) is 12.1 Å². The molecule has 0 aliphatic heterocycles. The van der Waals surface area contributed by atoms with Gasteiger partial charge in [-0.05, 0) is 42.8 Å². The highest BCUT2D eigenvalue weighted by Gasteiger charge is 2.13. The van der Waals surface area contributed by atoms with Gasteiger partial charge in [0.2, 0.25) is 0 Å². The molecule has 5 nitrogen and oxygen atoms in total. The lowest BCUT2D eigenvalue weighted by atomic mass is 10.2. The first-order valence-corrected chi connectivity index (χ1v) is 7.32. The summed E-state index contributed by atoms with van der Waals surface area (Å²) in [6.45, 7) is 0.543. The van der Waals surface area contributed by atoms with Gasteiger partial charge in [0.1, 0.15) is 0 Å². The summed E-state index contributed by atoms with van der Waals surface area (Å²) in [6, 6.07) is 9.89. The fourth-order valence-corrected chi connectivity index (χ4v) is 2.69. The standard InChI is InChI=1S/C13H15N3O2S/c14-8-5-11-1-3-13(4-2-11)19(17,18)16-12-6-9-15-10-7-12/h1-4,6-7,9-10H,5,8,14H2,(H,15,16).